The van der Waals surface area contributed by atoms with E-state index in [1.54, 1.807) is 41.0 Å². The standard InChI is InChI=1S/C22H19ClF2N4O3.C16H13ClF2N2O.C9H10N4O2.ClH/c1-29-9-8-26-19(29)11-32-22(31)28-18-7-4-13-14(3-6-17(25)20(13)18)21(30)27-12-2-5-16(24)15(23)10-12;17-11-7-8(1-4-12(11)18)21-16(22)10-2-5-13(19)15-9(10)3-6-14(15)20;1-12-4-3-11-8(12)6-15-9(14)13-5-2-10-7-13;/h2-3,5-6,8-10,18H,4,7,11H2,1H3,(H,27,30)(H,28,31);1-2,4-5,7,14H,3,6,20H2,(H,21,22);2-5,7H,6H2,1H3;1H/t18-;14-;;/m00../s1. The van der Waals surface area contributed by atoms with Gasteiger partial charge in [-0.2, -0.15) is 0 Å². The molecule has 4 aromatic carbocycles. The van der Waals surface area contributed by atoms with Gasteiger partial charge >= 0.3 is 12.2 Å². The molecule has 5 N–H and O–H groups in total. The van der Waals surface area contributed by atoms with Gasteiger partial charge in [0, 0.05) is 90.9 Å². The topological polar surface area (TPSA) is 202 Å². The quantitative estimate of drug-likeness (QED) is 0.101. The number of rotatable bonds is 9. The molecule has 3 amide bonds. The maximum atomic E-state index is 14.6. The molecule has 0 bridgehead atoms. The van der Waals surface area contributed by atoms with E-state index in [1.165, 1.54) is 77.9 Å². The molecule has 3 aromatic heterocycles. The molecular formula is C47H43Cl3F4N10O6. The largest absolute Gasteiger partial charge is 0.441 e. The highest BCUT2D eigenvalue weighted by atomic mass is 35.5. The molecule has 23 heteroatoms. The van der Waals surface area contributed by atoms with Crippen molar-refractivity contribution in [2.75, 3.05) is 10.6 Å². The Balaban J connectivity index is 0.000000183. The van der Waals surface area contributed by atoms with Gasteiger partial charge in [0.1, 0.15) is 41.2 Å². The number of imidazole rings is 3. The molecule has 0 saturated carbocycles. The second-order valence-electron chi connectivity index (χ2n) is 15.5. The lowest BCUT2D eigenvalue weighted by molar-refractivity contribution is 0.101. The first-order valence-electron chi connectivity index (χ1n) is 21.0. The maximum Gasteiger partial charge on any atom is 0.419 e. The zero-order chi connectivity index (χ0) is 49.4. The number of aryl methyl sites for hydroxylation is 2. The van der Waals surface area contributed by atoms with Crippen LogP contribution in [0.15, 0.2) is 104 Å². The first-order valence-corrected chi connectivity index (χ1v) is 21.7. The minimum Gasteiger partial charge on any atom is -0.441 e. The van der Waals surface area contributed by atoms with Crippen LogP contribution in [0.3, 0.4) is 0 Å². The van der Waals surface area contributed by atoms with Crippen molar-refractivity contribution in [3.63, 3.8) is 0 Å². The number of aromatic nitrogens is 6. The molecule has 0 fully saturated rings. The fourth-order valence-electron chi connectivity index (χ4n) is 7.53. The van der Waals surface area contributed by atoms with Crippen LogP contribution in [0.2, 0.25) is 10.0 Å². The maximum absolute atomic E-state index is 14.6. The molecule has 366 valence electrons. The summed E-state index contributed by atoms with van der Waals surface area (Å²) in [6, 6.07) is 12.0. The van der Waals surface area contributed by atoms with Crippen molar-refractivity contribution >= 4 is 71.0 Å². The van der Waals surface area contributed by atoms with Crippen molar-refractivity contribution in [2.45, 2.75) is 51.0 Å². The lowest BCUT2D eigenvalue weighted by atomic mass is 10.0. The van der Waals surface area contributed by atoms with E-state index in [-0.39, 0.29) is 58.7 Å². The van der Waals surface area contributed by atoms with Crippen LogP contribution >= 0.6 is 35.6 Å². The molecule has 0 radical (unpaired) electrons. The number of anilines is 2. The highest BCUT2D eigenvalue weighted by Gasteiger charge is 2.32. The van der Waals surface area contributed by atoms with E-state index in [0.29, 0.717) is 71.0 Å². The Morgan fingerprint density at radius 3 is 1.69 bits per heavy atom. The minimum atomic E-state index is -0.707. The summed E-state index contributed by atoms with van der Waals surface area (Å²) in [4.78, 5) is 60.6. The number of nitrogens with one attached hydrogen (secondary N) is 3. The SMILES string of the molecule is Cl.Cn1ccnc1COC(=O)N[C@H]1CCc2c(C(=O)Nc3ccc(F)c(Cl)c3)ccc(F)c21.Cn1ccnc1COC(=O)n1ccnc1.N[C@H]1CCc2c(C(=O)Nc3ccc(F)c(Cl)c3)ccc(F)c21. The Morgan fingerprint density at radius 2 is 1.19 bits per heavy atom. The van der Waals surface area contributed by atoms with E-state index in [1.807, 2.05) is 7.05 Å². The summed E-state index contributed by atoms with van der Waals surface area (Å²) < 4.78 is 69.9. The summed E-state index contributed by atoms with van der Waals surface area (Å²) in [5, 5.41) is 7.73. The smallest absolute Gasteiger partial charge is 0.419 e. The van der Waals surface area contributed by atoms with Gasteiger partial charge < -0.3 is 40.3 Å². The van der Waals surface area contributed by atoms with Crippen LogP contribution in [-0.2, 0) is 49.6 Å². The molecule has 0 aliphatic heterocycles. The zero-order valence-electron chi connectivity index (χ0n) is 37.1. The summed E-state index contributed by atoms with van der Waals surface area (Å²) >= 11 is 11.4. The Bertz CT molecular complexity index is 3030. The van der Waals surface area contributed by atoms with Gasteiger partial charge in [-0.25, -0.2) is 46.7 Å². The number of carbonyl (C=O) groups excluding carboxylic acids is 4. The third-order valence-corrected chi connectivity index (χ3v) is 11.6. The Labute approximate surface area is 413 Å². The van der Waals surface area contributed by atoms with Crippen LogP contribution in [0.4, 0.5) is 38.5 Å². The normalized spacial score (nSPS) is 14.1. The summed E-state index contributed by atoms with van der Waals surface area (Å²) in [5.41, 5.74) is 9.01. The second-order valence-corrected chi connectivity index (χ2v) is 16.3. The number of nitrogens with two attached hydrogens (primary N) is 1. The van der Waals surface area contributed by atoms with Crippen molar-refractivity contribution in [3.8, 4) is 0 Å². The van der Waals surface area contributed by atoms with Gasteiger partial charge in [0.15, 0.2) is 13.2 Å². The number of halogens is 7. The van der Waals surface area contributed by atoms with E-state index < -0.39 is 47.5 Å². The molecule has 0 saturated heterocycles. The van der Waals surface area contributed by atoms with E-state index in [0.717, 1.165) is 6.07 Å². The van der Waals surface area contributed by atoms with Gasteiger partial charge in [0.05, 0.1) is 16.1 Å². The van der Waals surface area contributed by atoms with Crippen molar-refractivity contribution in [1.82, 2.24) is 34.0 Å². The van der Waals surface area contributed by atoms with Crippen molar-refractivity contribution in [2.24, 2.45) is 19.8 Å². The van der Waals surface area contributed by atoms with Gasteiger partial charge in [-0.3, -0.25) is 9.59 Å². The monoisotopic (exact) mass is 1020 g/mol. The molecule has 0 spiro atoms. The van der Waals surface area contributed by atoms with Crippen LogP contribution in [0.25, 0.3) is 0 Å². The van der Waals surface area contributed by atoms with Gasteiger partial charge in [-0.05, 0) is 97.5 Å². The van der Waals surface area contributed by atoms with E-state index in [4.69, 9.17) is 38.4 Å². The molecule has 2 aliphatic carbocycles. The van der Waals surface area contributed by atoms with Crippen molar-refractivity contribution < 1.29 is 46.2 Å². The van der Waals surface area contributed by atoms with Gasteiger partial charge in [0.2, 0.25) is 0 Å². The Kier molecular flexibility index (Phi) is 17.4. The molecule has 3 heterocycles. The van der Waals surface area contributed by atoms with Crippen LogP contribution < -0.4 is 21.7 Å². The predicted octanol–water partition coefficient (Wildman–Crippen LogP) is 9.56. The second kappa shape index (κ2) is 23.4. The first kappa shape index (κ1) is 52.1. The summed E-state index contributed by atoms with van der Waals surface area (Å²) in [5.74, 6) is -1.68. The molecule has 2 atom stereocenters. The van der Waals surface area contributed by atoms with Crippen LogP contribution in [0.5, 0.6) is 0 Å². The molecule has 0 unspecified atom stereocenters. The number of nitrogens with zero attached hydrogens (tertiary/aromatic N) is 6. The summed E-state index contributed by atoms with van der Waals surface area (Å²) in [6.45, 7) is 0.126. The van der Waals surface area contributed by atoms with Gasteiger partial charge in [-0.1, -0.05) is 23.2 Å². The summed E-state index contributed by atoms with van der Waals surface area (Å²) in [7, 11) is 3.62. The predicted molar refractivity (Wildman–Crippen MR) is 253 cm³/mol. The minimum absolute atomic E-state index is 0. The van der Waals surface area contributed by atoms with Gasteiger partial charge in [-0.15, -0.1) is 12.4 Å². The Hall–Kier alpha value is -7.26. The average Bonchev–Trinajstić information content (AvgIpc) is 4.19. The number of hydrogen-bond donors (Lipinski definition) is 4. The van der Waals surface area contributed by atoms with E-state index >= 15 is 0 Å². The number of alkyl carbamates (subject to hydrolysis) is 1. The highest BCUT2D eigenvalue weighted by Crippen LogP contribution is 2.37. The molecular weight excluding hydrogens is 983 g/mol. The Morgan fingerprint density at radius 1 is 0.686 bits per heavy atom. The number of ether oxygens (including phenoxy) is 2. The number of benzene rings is 4. The van der Waals surface area contributed by atoms with Crippen molar-refractivity contribution in [3.05, 3.63) is 183 Å². The fourth-order valence-corrected chi connectivity index (χ4v) is 7.89. The van der Waals surface area contributed by atoms with E-state index in [2.05, 4.69) is 30.9 Å². The molecule has 7 aromatic rings. The van der Waals surface area contributed by atoms with Gasteiger partial charge in [0.25, 0.3) is 11.8 Å². The third-order valence-electron chi connectivity index (χ3n) is 11.1. The first-order chi connectivity index (χ1) is 33.1. The number of fused-ring (bicyclic) bond motifs is 2. The zero-order valence-corrected chi connectivity index (χ0v) is 39.4. The van der Waals surface area contributed by atoms with E-state index in [9.17, 15) is 36.7 Å². The van der Waals surface area contributed by atoms with Crippen LogP contribution in [-0.4, -0.2) is 52.7 Å². The molecule has 70 heavy (non-hydrogen) atoms. The molecule has 16 nitrogen and oxygen atoms in total. The fraction of sp³-hybridized carbons (Fsp3) is 0.213. The van der Waals surface area contributed by atoms with Crippen molar-refractivity contribution in [1.29, 1.82) is 0 Å². The lowest BCUT2D eigenvalue weighted by Crippen LogP contribution is -2.28. The average molecular weight is 1030 g/mol. The molecule has 2 aliphatic rings. The lowest BCUT2D eigenvalue weighted by Gasteiger charge is -2.16. The molecule has 9 rings (SSSR count). The van der Waals surface area contributed by atoms with Crippen LogP contribution in [0, 0.1) is 23.3 Å². The third kappa shape index (κ3) is 12.5. The number of amides is 3. The highest BCUT2D eigenvalue weighted by molar-refractivity contribution is 6.31. The number of carbonyl (C=O) groups is 4. The summed E-state index contributed by atoms with van der Waals surface area (Å²) in [6.07, 6.45) is 12.0. The number of hydrogen-bond acceptors (Lipinski definition) is 10. The van der Waals surface area contributed by atoms with Crippen LogP contribution in [0.1, 0.15) is 79.5 Å².